The molecule has 1 saturated carbocycles. The summed E-state index contributed by atoms with van der Waals surface area (Å²) in [4.78, 5) is 26.0. The van der Waals surface area contributed by atoms with Crippen LogP contribution in [-0.4, -0.2) is 30.5 Å². The molecular formula is C20H23N5O2. The fourth-order valence-corrected chi connectivity index (χ4v) is 3.40. The molecule has 0 spiro atoms. The number of nitrogens with zero attached hydrogens (tertiary/aromatic N) is 4. The number of hydrogen-bond donors (Lipinski definition) is 2. The first-order chi connectivity index (χ1) is 12.9. The van der Waals surface area contributed by atoms with Crippen LogP contribution in [0.3, 0.4) is 0 Å². The van der Waals surface area contributed by atoms with E-state index in [0.29, 0.717) is 17.7 Å². The molecule has 0 aliphatic heterocycles. The lowest BCUT2D eigenvalue weighted by Gasteiger charge is -2.29. The monoisotopic (exact) mass is 365 g/mol. The molecular weight excluding hydrogens is 342 g/mol. The van der Waals surface area contributed by atoms with Gasteiger partial charge in [0.05, 0.1) is 12.1 Å². The lowest BCUT2D eigenvalue weighted by molar-refractivity contribution is -0.121. The van der Waals surface area contributed by atoms with E-state index >= 15 is 0 Å². The second kappa shape index (κ2) is 6.74. The van der Waals surface area contributed by atoms with Crippen LogP contribution >= 0.6 is 0 Å². The highest BCUT2D eigenvalue weighted by atomic mass is 16.3. The van der Waals surface area contributed by atoms with Crippen molar-refractivity contribution in [2.75, 3.05) is 5.32 Å². The Labute approximate surface area is 157 Å². The highest BCUT2D eigenvalue weighted by molar-refractivity contribution is 5.91. The van der Waals surface area contributed by atoms with Crippen LogP contribution < -0.4 is 5.32 Å². The first-order valence-electron chi connectivity index (χ1n) is 9.23. The van der Waals surface area contributed by atoms with Gasteiger partial charge >= 0.3 is 0 Å². The minimum atomic E-state index is -1.35. The topological polar surface area (TPSA) is 92.9 Å². The van der Waals surface area contributed by atoms with Gasteiger partial charge in [-0.2, -0.15) is 0 Å². The summed E-state index contributed by atoms with van der Waals surface area (Å²) in [5.41, 5.74) is 1.59. The number of aliphatic hydroxyl groups is 1. The fraction of sp³-hybridized carbons (Fsp3) is 0.400. The highest BCUT2D eigenvalue weighted by Crippen LogP contribution is 2.37. The van der Waals surface area contributed by atoms with Crippen molar-refractivity contribution in [2.24, 2.45) is 0 Å². The first kappa shape index (κ1) is 17.6. The largest absolute Gasteiger partial charge is 0.383 e. The third-order valence-corrected chi connectivity index (χ3v) is 5.09. The quantitative estimate of drug-likeness (QED) is 0.725. The zero-order chi connectivity index (χ0) is 19.0. The van der Waals surface area contributed by atoms with Crippen molar-refractivity contribution in [1.29, 1.82) is 0 Å². The Hall–Kier alpha value is -2.80. The average molecular weight is 365 g/mol. The van der Waals surface area contributed by atoms with E-state index in [1.807, 2.05) is 23.6 Å². The number of anilines is 1. The number of pyridine rings is 2. The first-order valence-corrected chi connectivity index (χ1v) is 9.23. The summed E-state index contributed by atoms with van der Waals surface area (Å²) in [6.45, 7) is 3.54. The molecule has 7 nitrogen and oxygen atoms in total. The van der Waals surface area contributed by atoms with Crippen LogP contribution in [0.4, 0.5) is 5.95 Å². The normalized spacial score (nSPS) is 16.7. The van der Waals surface area contributed by atoms with E-state index in [0.717, 1.165) is 36.1 Å². The summed E-state index contributed by atoms with van der Waals surface area (Å²) in [6, 6.07) is 9.42. The van der Waals surface area contributed by atoms with Crippen molar-refractivity contribution in [3.05, 3.63) is 47.9 Å². The van der Waals surface area contributed by atoms with Gasteiger partial charge in [-0.15, -0.1) is 0 Å². The number of hydrogen-bond acceptors (Lipinski definition) is 5. The fourth-order valence-electron chi connectivity index (χ4n) is 3.40. The van der Waals surface area contributed by atoms with Crippen LogP contribution in [0.5, 0.6) is 0 Å². The predicted octanol–water partition coefficient (Wildman–Crippen LogP) is 3.10. The molecule has 1 fully saturated rings. The van der Waals surface area contributed by atoms with Crippen LogP contribution in [0.25, 0.3) is 11.2 Å². The molecule has 140 valence electrons. The van der Waals surface area contributed by atoms with Gasteiger partial charge in [-0.3, -0.25) is 19.7 Å². The number of carbonyl (C=O) groups excluding carboxylic acids is 1. The minimum absolute atomic E-state index is 0.107. The van der Waals surface area contributed by atoms with Crippen molar-refractivity contribution >= 4 is 23.0 Å². The number of nitrogens with one attached hydrogen (secondary N) is 1. The van der Waals surface area contributed by atoms with Crippen molar-refractivity contribution in [2.45, 2.75) is 51.2 Å². The molecule has 0 saturated heterocycles. The molecule has 1 aliphatic carbocycles. The van der Waals surface area contributed by atoms with Gasteiger partial charge in [0, 0.05) is 17.9 Å². The van der Waals surface area contributed by atoms with Crippen molar-refractivity contribution in [1.82, 2.24) is 19.5 Å². The van der Waals surface area contributed by atoms with Gasteiger partial charge in [0.1, 0.15) is 11.1 Å². The Morgan fingerprint density at radius 3 is 2.78 bits per heavy atom. The molecule has 1 amide bonds. The standard InChI is InChI=1S/C20H23N5O2/c1-13-9-10-15-18(22-13)25(14-6-5-7-14)19(23-15)24-17(26)12-20(2,27)16-8-3-4-11-21-16/h3-4,8-11,14,27H,5-7,12H2,1-2H3,(H,23,24,26)/t20-/m0/s1. The van der Waals surface area contributed by atoms with Crippen LogP contribution in [0.1, 0.15) is 50.0 Å². The Morgan fingerprint density at radius 2 is 2.11 bits per heavy atom. The van der Waals surface area contributed by atoms with E-state index in [1.165, 1.54) is 0 Å². The van der Waals surface area contributed by atoms with Gasteiger partial charge in [-0.1, -0.05) is 6.07 Å². The van der Waals surface area contributed by atoms with Crippen LogP contribution in [-0.2, 0) is 10.4 Å². The van der Waals surface area contributed by atoms with Gasteiger partial charge in [-0.25, -0.2) is 9.97 Å². The molecule has 4 rings (SSSR count). The number of rotatable bonds is 5. The van der Waals surface area contributed by atoms with E-state index in [2.05, 4.69) is 20.3 Å². The van der Waals surface area contributed by atoms with Gasteiger partial charge < -0.3 is 5.11 Å². The maximum absolute atomic E-state index is 12.7. The number of aromatic nitrogens is 4. The molecule has 3 heterocycles. The molecule has 0 unspecified atom stereocenters. The van der Waals surface area contributed by atoms with Crippen molar-refractivity contribution in [3.8, 4) is 0 Å². The molecule has 0 aromatic carbocycles. The van der Waals surface area contributed by atoms with E-state index in [9.17, 15) is 9.90 Å². The average Bonchev–Trinajstić information content (AvgIpc) is 2.91. The maximum atomic E-state index is 12.7. The number of aryl methyl sites for hydroxylation is 1. The van der Waals surface area contributed by atoms with Crippen molar-refractivity contribution in [3.63, 3.8) is 0 Å². The van der Waals surface area contributed by atoms with Crippen LogP contribution in [0, 0.1) is 6.92 Å². The number of carbonyl (C=O) groups is 1. The second-order valence-corrected chi connectivity index (χ2v) is 7.40. The molecule has 3 aromatic rings. The summed E-state index contributed by atoms with van der Waals surface area (Å²) in [5.74, 6) is 0.188. The van der Waals surface area contributed by atoms with Crippen LogP contribution in [0.2, 0.25) is 0 Å². The number of amides is 1. The number of fused-ring (bicyclic) bond motifs is 1. The van der Waals surface area contributed by atoms with Gasteiger partial charge in [0.25, 0.3) is 0 Å². The summed E-state index contributed by atoms with van der Waals surface area (Å²) in [7, 11) is 0. The second-order valence-electron chi connectivity index (χ2n) is 7.40. The highest BCUT2D eigenvalue weighted by Gasteiger charge is 2.30. The predicted molar refractivity (Wildman–Crippen MR) is 102 cm³/mol. The Bertz CT molecular complexity index is 977. The van der Waals surface area contributed by atoms with E-state index < -0.39 is 5.60 Å². The molecule has 1 aliphatic rings. The number of imidazole rings is 1. The van der Waals surface area contributed by atoms with Crippen molar-refractivity contribution < 1.29 is 9.90 Å². The summed E-state index contributed by atoms with van der Waals surface area (Å²) in [5, 5.41) is 13.6. The van der Waals surface area contributed by atoms with E-state index in [4.69, 9.17) is 0 Å². The molecule has 0 bridgehead atoms. The third-order valence-electron chi connectivity index (χ3n) is 5.09. The molecule has 27 heavy (non-hydrogen) atoms. The summed E-state index contributed by atoms with van der Waals surface area (Å²) < 4.78 is 2.03. The van der Waals surface area contributed by atoms with Gasteiger partial charge in [0.2, 0.25) is 11.9 Å². The zero-order valence-electron chi connectivity index (χ0n) is 15.5. The Balaban J connectivity index is 1.60. The third kappa shape index (κ3) is 3.42. The minimum Gasteiger partial charge on any atom is -0.383 e. The Kier molecular flexibility index (Phi) is 4.39. The smallest absolute Gasteiger partial charge is 0.229 e. The van der Waals surface area contributed by atoms with Gasteiger partial charge in [0.15, 0.2) is 5.65 Å². The molecule has 3 aromatic heterocycles. The maximum Gasteiger partial charge on any atom is 0.229 e. The lowest BCUT2D eigenvalue weighted by atomic mass is 9.93. The molecule has 2 N–H and O–H groups in total. The Morgan fingerprint density at radius 1 is 1.30 bits per heavy atom. The van der Waals surface area contributed by atoms with Crippen LogP contribution in [0.15, 0.2) is 36.5 Å². The molecule has 7 heteroatoms. The summed E-state index contributed by atoms with van der Waals surface area (Å²) in [6.07, 6.45) is 4.76. The van der Waals surface area contributed by atoms with E-state index in [-0.39, 0.29) is 12.3 Å². The lowest BCUT2D eigenvalue weighted by Crippen LogP contribution is -2.30. The summed E-state index contributed by atoms with van der Waals surface area (Å²) >= 11 is 0. The van der Waals surface area contributed by atoms with Gasteiger partial charge in [-0.05, 0) is 57.4 Å². The molecule has 0 radical (unpaired) electrons. The zero-order valence-corrected chi connectivity index (χ0v) is 15.5. The van der Waals surface area contributed by atoms with E-state index in [1.54, 1.807) is 31.3 Å². The molecule has 1 atom stereocenters. The SMILES string of the molecule is Cc1ccc2nc(NC(=O)C[C@](C)(O)c3ccccn3)n(C3CCC3)c2n1.